The number of hydrogen-bond donors (Lipinski definition) is 2. The molecule has 0 unspecified atom stereocenters. The summed E-state index contributed by atoms with van der Waals surface area (Å²) in [7, 11) is 0. The number of benzene rings is 2. The number of allylic oxidation sites excluding steroid dienone is 1. The lowest BCUT2D eigenvalue weighted by atomic mass is 9.39. The summed E-state index contributed by atoms with van der Waals surface area (Å²) in [6, 6.07) is 16.2. The van der Waals surface area contributed by atoms with E-state index in [1.165, 1.54) is 25.1 Å². The Morgan fingerprint density at radius 3 is 1.83 bits per heavy atom. The first-order chi connectivity index (χ1) is 21.5. The third kappa shape index (κ3) is 4.98. The first-order valence-electron chi connectivity index (χ1n) is 15.3. The van der Waals surface area contributed by atoms with Crippen molar-refractivity contribution in [2.45, 2.75) is 77.5 Å². The molecule has 0 heterocycles. The molecule has 3 aliphatic carbocycles. The SMILES string of the molecule is C=C[C@@]1(C)CC(=O)[C@H]2[C@](O)(C1=O)[C@H](O)C[C@H]1C(C)(C)[C@H](OC(=O)c3ccccc3)[C@H](OC(C)=O)[C@H](OC(=O)c3ccccc3)[C@@]12C. The highest BCUT2D eigenvalue weighted by molar-refractivity contribution is 6.06. The molecule has 10 nitrogen and oxygen atoms in total. The zero-order valence-electron chi connectivity index (χ0n) is 26.6. The minimum atomic E-state index is -2.58. The summed E-state index contributed by atoms with van der Waals surface area (Å²) >= 11 is 0. The van der Waals surface area contributed by atoms with Crippen molar-refractivity contribution in [3.05, 3.63) is 84.4 Å². The van der Waals surface area contributed by atoms with Crippen LogP contribution in [0.5, 0.6) is 0 Å². The van der Waals surface area contributed by atoms with Crippen LogP contribution in [0.1, 0.15) is 68.2 Å². The average Bonchev–Trinajstić information content (AvgIpc) is 3.02. The molecule has 2 N–H and O–H groups in total. The van der Waals surface area contributed by atoms with Crippen LogP contribution in [-0.4, -0.2) is 69.7 Å². The van der Waals surface area contributed by atoms with E-state index in [9.17, 15) is 34.2 Å². The van der Waals surface area contributed by atoms with Crippen LogP contribution in [0.3, 0.4) is 0 Å². The molecule has 0 bridgehead atoms. The normalized spacial score (nSPS) is 36.4. The molecule has 46 heavy (non-hydrogen) atoms. The van der Waals surface area contributed by atoms with E-state index in [-0.39, 0.29) is 24.0 Å². The quantitative estimate of drug-likeness (QED) is 0.273. The zero-order chi connectivity index (χ0) is 33.8. The van der Waals surface area contributed by atoms with E-state index < -0.39 is 87.6 Å². The van der Waals surface area contributed by atoms with Crippen LogP contribution in [0, 0.1) is 28.1 Å². The van der Waals surface area contributed by atoms with Gasteiger partial charge in [-0.05, 0) is 43.5 Å². The summed E-state index contributed by atoms with van der Waals surface area (Å²) in [5, 5.41) is 23.8. The van der Waals surface area contributed by atoms with Crippen LogP contribution in [-0.2, 0) is 28.6 Å². The third-order valence-corrected chi connectivity index (χ3v) is 10.6. The minimum Gasteiger partial charge on any atom is -0.455 e. The Morgan fingerprint density at radius 2 is 1.35 bits per heavy atom. The van der Waals surface area contributed by atoms with Gasteiger partial charge in [-0.25, -0.2) is 9.59 Å². The van der Waals surface area contributed by atoms with Gasteiger partial charge in [0.15, 0.2) is 17.5 Å². The predicted octanol–water partition coefficient (Wildman–Crippen LogP) is 3.88. The molecule has 0 aromatic heterocycles. The highest BCUT2D eigenvalue weighted by Gasteiger charge is 2.77. The van der Waals surface area contributed by atoms with Crippen LogP contribution in [0.15, 0.2) is 73.3 Å². The molecule has 9 atom stereocenters. The fraction of sp³-hybridized carbons (Fsp3) is 0.472. The van der Waals surface area contributed by atoms with Crippen LogP contribution < -0.4 is 0 Å². The molecule has 2 aromatic rings. The number of fused-ring (bicyclic) bond motifs is 3. The molecule has 2 aromatic carbocycles. The number of aliphatic hydroxyl groups excluding tert-OH is 1. The van der Waals surface area contributed by atoms with E-state index in [0.29, 0.717) is 0 Å². The van der Waals surface area contributed by atoms with Crippen LogP contribution in [0.4, 0.5) is 0 Å². The number of carbonyl (C=O) groups excluding carboxylic acids is 5. The van der Waals surface area contributed by atoms with Gasteiger partial charge in [0.25, 0.3) is 0 Å². The number of esters is 3. The van der Waals surface area contributed by atoms with E-state index >= 15 is 0 Å². The summed E-state index contributed by atoms with van der Waals surface area (Å²) < 4.78 is 18.1. The topological polar surface area (TPSA) is 154 Å². The predicted molar refractivity (Wildman–Crippen MR) is 164 cm³/mol. The number of rotatable bonds is 6. The van der Waals surface area contributed by atoms with Gasteiger partial charge in [0.2, 0.25) is 0 Å². The van der Waals surface area contributed by atoms with Gasteiger partial charge < -0.3 is 24.4 Å². The lowest BCUT2D eigenvalue weighted by molar-refractivity contribution is -0.290. The second-order valence-corrected chi connectivity index (χ2v) is 13.8. The Kier molecular flexibility index (Phi) is 8.36. The summed E-state index contributed by atoms with van der Waals surface area (Å²) in [5.41, 5.74) is -6.43. The molecule has 0 amide bonds. The monoisotopic (exact) mass is 632 g/mol. The standard InChI is InChI=1S/C36H40O10/c1-7-34(5)19-23(38)27-35(6)24(18-25(39)36(27,43)32(34)42)33(3,4)28(45-30(40)21-14-10-8-11-15-21)26(44-20(2)37)29(35)46-31(41)22-16-12-9-13-17-22/h7-17,24-29,39,43H,1,18-19H2,2-6H3/t24-,25+,26-,27+,28+,29-,34-,35-,36-/m0/s1. The Hall–Kier alpha value is -4.15. The zero-order valence-corrected chi connectivity index (χ0v) is 26.6. The summed E-state index contributed by atoms with van der Waals surface area (Å²) in [6.45, 7) is 11.4. The minimum absolute atomic E-state index is 0.156. The molecule has 0 aliphatic heterocycles. The second kappa shape index (κ2) is 11.6. The van der Waals surface area contributed by atoms with Crippen LogP contribution in [0.25, 0.3) is 0 Å². The molecular formula is C36H40O10. The molecule has 3 fully saturated rings. The van der Waals surface area contributed by atoms with Gasteiger partial charge >= 0.3 is 17.9 Å². The highest BCUT2D eigenvalue weighted by Crippen LogP contribution is 2.66. The molecule has 0 radical (unpaired) electrons. The lowest BCUT2D eigenvalue weighted by Gasteiger charge is -2.67. The number of carbonyl (C=O) groups is 5. The van der Waals surface area contributed by atoms with Gasteiger partial charge in [0, 0.05) is 24.2 Å². The van der Waals surface area contributed by atoms with Gasteiger partial charge in [-0.15, -0.1) is 6.58 Å². The van der Waals surface area contributed by atoms with E-state index in [0.717, 1.165) is 6.92 Å². The van der Waals surface area contributed by atoms with E-state index in [1.807, 2.05) is 0 Å². The van der Waals surface area contributed by atoms with E-state index in [2.05, 4.69) is 6.58 Å². The van der Waals surface area contributed by atoms with Crippen molar-refractivity contribution >= 4 is 29.5 Å². The molecule has 3 aliphatic rings. The first-order valence-corrected chi connectivity index (χ1v) is 15.3. The van der Waals surface area contributed by atoms with Crippen LogP contribution >= 0.6 is 0 Å². The maximum absolute atomic E-state index is 14.2. The van der Waals surface area contributed by atoms with Crippen molar-refractivity contribution in [1.29, 1.82) is 0 Å². The average molecular weight is 633 g/mol. The second-order valence-electron chi connectivity index (χ2n) is 13.8. The molecule has 3 saturated carbocycles. The van der Waals surface area contributed by atoms with E-state index in [1.54, 1.807) is 69.3 Å². The van der Waals surface area contributed by atoms with Gasteiger partial charge in [-0.1, -0.05) is 63.2 Å². The number of aliphatic hydroxyl groups is 2. The maximum Gasteiger partial charge on any atom is 0.338 e. The number of hydrogen-bond acceptors (Lipinski definition) is 10. The largest absolute Gasteiger partial charge is 0.455 e. The number of Topliss-reactive ketones (excluding diaryl/α,β-unsaturated/α-hetero) is 2. The summed E-state index contributed by atoms with van der Waals surface area (Å²) in [4.78, 5) is 68.2. The van der Waals surface area contributed by atoms with Crippen molar-refractivity contribution in [1.82, 2.24) is 0 Å². The van der Waals surface area contributed by atoms with Gasteiger partial charge in [-0.3, -0.25) is 14.4 Å². The van der Waals surface area contributed by atoms with Crippen molar-refractivity contribution in [2.24, 2.45) is 28.1 Å². The molecule has 10 heteroatoms. The summed E-state index contributed by atoms with van der Waals surface area (Å²) in [5.74, 6) is -6.04. The molecule has 0 saturated heterocycles. The fourth-order valence-corrected chi connectivity index (χ4v) is 8.41. The maximum atomic E-state index is 14.2. The molecular weight excluding hydrogens is 592 g/mol. The highest BCUT2D eigenvalue weighted by atomic mass is 16.6. The number of ketones is 2. The molecule has 244 valence electrons. The third-order valence-electron chi connectivity index (χ3n) is 10.6. The lowest BCUT2D eigenvalue weighted by Crippen LogP contribution is -2.79. The van der Waals surface area contributed by atoms with Crippen LogP contribution in [0.2, 0.25) is 0 Å². The molecule has 0 spiro atoms. The Bertz CT molecular complexity index is 1570. The number of ether oxygens (including phenoxy) is 3. The summed E-state index contributed by atoms with van der Waals surface area (Å²) in [6.07, 6.45) is -5.18. The Morgan fingerprint density at radius 1 is 0.848 bits per heavy atom. The smallest absolute Gasteiger partial charge is 0.338 e. The Balaban J connectivity index is 1.73. The van der Waals surface area contributed by atoms with Crippen molar-refractivity contribution in [3.63, 3.8) is 0 Å². The molecule has 5 rings (SSSR count). The van der Waals surface area contributed by atoms with E-state index in [4.69, 9.17) is 14.2 Å². The Labute approximate surface area is 267 Å². The van der Waals surface area contributed by atoms with Gasteiger partial charge in [0.05, 0.1) is 28.6 Å². The van der Waals surface area contributed by atoms with Gasteiger partial charge in [0.1, 0.15) is 18.0 Å². The van der Waals surface area contributed by atoms with Crippen molar-refractivity contribution in [2.75, 3.05) is 0 Å². The van der Waals surface area contributed by atoms with Crippen molar-refractivity contribution in [3.8, 4) is 0 Å². The van der Waals surface area contributed by atoms with Gasteiger partial charge in [-0.2, -0.15) is 0 Å². The first kappa shape index (κ1) is 33.2. The fourth-order valence-electron chi connectivity index (χ4n) is 8.41. The van der Waals surface area contributed by atoms with Crippen molar-refractivity contribution < 1.29 is 48.4 Å².